The van der Waals surface area contributed by atoms with Crippen molar-refractivity contribution < 1.29 is 4.79 Å². The van der Waals surface area contributed by atoms with Crippen LogP contribution in [0.25, 0.3) is 0 Å². The van der Waals surface area contributed by atoms with Crippen LogP contribution in [-0.2, 0) is 4.79 Å². The first-order valence-electron chi connectivity index (χ1n) is 6.05. The van der Waals surface area contributed by atoms with Crippen molar-refractivity contribution in [1.82, 2.24) is 10.6 Å². The van der Waals surface area contributed by atoms with Gasteiger partial charge in [0.25, 0.3) is 0 Å². The maximum atomic E-state index is 11.7. The van der Waals surface area contributed by atoms with Crippen molar-refractivity contribution >= 4 is 5.91 Å². The first-order valence-corrected chi connectivity index (χ1v) is 6.05. The Hall–Kier alpha value is -1.79. The molecule has 1 aromatic rings. The van der Waals surface area contributed by atoms with Gasteiger partial charge in [0.05, 0.1) is 19.1 Å². The Bertz CT molecular complexity index is 460. The number of hydrogen-bond donors (Lipinski definition) is 2. The smallest absolute Gasteiger partial charge is 0.234 e. The molecule has 1 aromatic carbocycles. The summed E-state index contributed by atoms with van der Waals surface area (Å²) in [4.78, 5) is 11.7. The number of carbonyl (C=O) groups is 1. The normalized spacial score (nSPS) is 11.7. The van der Waals surface area contributed by atoms with Gasteiger partial charge in [-0.15, -0.1) is 6.42 Å². The van der Waals surface area contributed by atoms with Gasteiger partial charge in [-0.2, -0.15) is 0 Å². The average Bonchev–Trinajstić information content (AvgIpc) is 2.32. The molecule has 0 fully saturated rings. The Morgan fingerprint density at radius 2 is 2.17 bits per heavy atom. The van der Waals surface area contributed by atoms with Crippen LogP contribution in [0.15, 0.2) is 18.2 Å². The predicted molar refractivity (Wildman–Crippen MR) is 74.2 cm³/mol. The SMILES string of the molecule is C#CCNCC(=O)NC(C)c1cc(C)ccc1C. The first kappa shape index (κ1) is 14.3. The average molecular weight is 244 g/mol. The molecule has 0 aliphatic heterocycles. The van der Waals surface area contributed by atoms with E-state index < -0.39 is 0 Å². The molecule has 1 amide bonds. The lowest BCUT2D eigenvalue weighted by Gasteiger charge is -2.17. The third kappa shape index (κ3) is 4.23. The number of rotatable bonds is 5. The molecule has 0 spiro atoms. The molecular formula is C15H20N2O. The fourth-order valence-electron chi connectivity index (χ4n) is 1.84. The number of benzene rings is 1. The second kappa shape index (κ2) is 6.83. The fraction of sp³-hybridized carbons (Fsp3) is 0.400. The van der Waals surface area contributed by atoms with Crippen molar-refractivity contribution in [2.75, 3.05) is 13.1 Å². The zero-order valence-corrected chi connectivity index (χ0v) is 11.2. The highest BCUT2D eigenvalue weighted by Gasteiger charge is 2.11. The van der Waals surface area contributed by atoms with Crippen molar-refractivity contribution in [3.05, 3.63) is 34.9 Å². The van der Waals surface area contributed by atoms with Crippen LogP contribution < -0.4 is 10.6 Å². The third-order valence-corrected chi connectivity index (χ3v) is 2.79. The Balaban J connectivity index is 2.59. The Morgan fingerprint density at radius 3 is 2.83 bits per heavy atom. The molecule has 0 heterocycles. The number of amides is 1. The van der Waals surface area contributed by atoms with Gasteiger partial charge in [0.2, 0.25) is 5.91 Å². The Kier molecular flexibility index (Phi) is 5.41. The van der Waals surface area contributed by atoms with Crippen molar-refractivity contribution in [3.8, 4) is 12.3 Å². The molecule has 0 aliphatic rings. The molecule has 18 heavy (non-hydrogen) atoms. The Morgan fingerprint density at radius 1 is 1.44 bits per heavy atom. The summed E-state index contributed by atoms with van der Waals surface area (Å²) in [5, 5.41) is 5.82. The van der Waals surface area contributed by atoms with E-state index in [-0.39, 0.29) is 18.5 Å². The first-order chi connectivity index (χ1) is 8.54. The van der Waals surface area contributed by atoms with Crippen LogP contribution in [0.2, 0.25) is 0 Å². The van der Waals surface area contributed by atoms with E-state index in [1.807, 2.05) is 20.8 Å². The molecule has 0 saturated carbocycles. The quantitative estimate of drug-likeness (QED) is 0.611. The van der Waals surface area contributed by atoms with E-state index in [1.165, 1.54) is 11.1 Å². The molecule has 0 aromatic heterocycles. The molecule has 0 radical (unpaired) electrons. The molecule has 1 atom stereocenters. The second-order valence-corrected chi connectivity index (χ2v) is 4.46. The fourth-order valence-corrected chi connectivity index (χ4v) is 1.84. The van der Waals surface area contributed by atoms with Gasteiger partial charge in [0.1, 0.15) is 0 Å². The summed E-state index contributed by atoms with van der Waals surface area (Å²) in [5.41, 5.74) is 3.53. The summed E-state index contributed by atoms with van der Waals surface area (Å²) in [6.07, 6.45) is 5.10. The molecule has 1 rings (SSSR count). The number of nitrogens with one attached hydrogen (secondary N) is 2. The third-order valence-electron chi connectivity index (χ3n) is 2.79. The number of hydrogen-bond acceptors (Lipinski definition) is 2. The van der Waals surface area contributed by atoms with Gasteiger partial charge in [-0.25, -0.2) is 0 Å². The highest BCUT2D eigenvalue weighted by molar-refractivity contribution is 5.78. The van der Waals surface area contributed by atoms with Crippen LogP contribution in [0, 0.1) is 26.2 Å². The molecule has 3 nitrogen and oxygen atoms in total. The molecule has 96 valence electrons. The van der Waals surface area contributed by atoms with E-state index >= 15 is 0 Å². The van der Waals surface area contributed by atoms with Crippen LogP contribution in [0.4, 0.5) is 0 Å². The van der Waals surface area contributed by atoms with E-state index in [0.717, 1.165) is 5.56 Å². The van der Waals surface area contributed by atoms with E-state index in [9.17, 15) is 4.79 Å². The van der Waals surface area contributed by atoms with E-state index in [4.69, 9.17) is 6.42 Å². The standard InChI is InChI=1S/C15H20N2O/c1-5-8-16-10-15(18)17-13(4)14-9-11(2)6-7-12(14)3/h1,6-7,9,13,16H,8,10H2,2-4H3,(H,17,18). The minimum absolute atomic E-state index is 0.00466. The largest absolute Gasteiger partial charge is 0.348 e. The number of carbonyl (C=O) groups excluding carboxylic acids is 1. The highest BCUT2D eigenvalue weighted by Crippen LogP contribution is 2.18. The van der Waals surface area contributed by atoms with Gasteiger partial charge in [0, 0.05) is 0 Å². The zero-order valence-electron chi connectivity index (χ0n) is 11.2. The van der Waals surface area contributed by atoms with Gasteiger partial charge >= 0.3 is 0 Å². The van der Waals surface area contributed by atoms with Crippen molar-refractivity contribution in [2.45, 2.75) is 26.8 Å². The minimum atomic E-state index is -0.0429. The van der Waals surface area contributed by atoms with Crippen LogP contribution in [0.1, 0.15) is 29.7 Å². The minimum Gasteiger partial charge on any atom is -0.348 e. The highest BCUT2D eigenvalue weighted by atomic mass is 16.1. The summed E-state index contributed by atoms with van der Waals surface area (Å²) >= 11 is 0. The Labute approximate surface area is 109 Å². The summed E-state index contributed by atoms with van der Waals surface area (Å²) in [6, 6.07) is 6.26. The molecule has 0 aliphatic carbocycles. The lowest BCUT2D eigenvalue weighted by molar-refractivity contribution is -0.120. The lowest BCUT2D eigenvalue weighted by atomic mass is 10.00. The van der Waals surface area contributed by atoms with E-state index in [0.29, 0.717) is 6.54 Å². The van der Waals surface area contributed by atoms with Crippen molar-refractivity contribution in [2.24, 2.45) is 0 Å². The van der Waals surface area contributed by atoms with Gasteiger partial charge in [-0.05, 0) is 31.9 Å². The molecule has 2 N–H and O–H groups in total. The lowest BCUT2D eigenvalue weighted by Crippen LogP contribution is -2.35. The molecule has 0 bridgehead atoms. The predicted octanol–water partition coefficient (Wildman–Crippen LogP) is 1.70. The number of terminal acetylenes is 1. The molecule has 0 saturated heterocycles. The van der Waals surface area contributed by atoms with Gasteiger partial charge in [-0.3, -0.25) is 10.1 Å². The van der Waals surface area contributed by atoms with Crippen molar-refractivity contribution in [3.63, 3.8) is 0 Å². The van der Waals surface area contributed by atoms with E-state index in [2.05, 4.69) is 34.8 Å². The summed E-state index contributed by atoms with van der Waals surface area (Å²) in [6.45, 7) is 6.74. The van der Waals surface area contributed by atoms with Crippen LogP contribution in [-0.4, -0.2) is 19.0 Å². The van der Waals surface area contributed by atoms with Crippen LogP contribution >= 0.6 is 0 Å². The van der Waals surface area contributed by atoms with Gasteiger partial charge in [-0.1, -0.05) is 29.7 Å². The second-order valence-electron chi connectivity index (χ2n) is 4.46. The molecule has 3 heteroatoms. The van der Waals surface area contributed by atoms with Crippen LogP contribution in [0.3, 0.4) is 0 Å². The molecular weight excluding hydrogens is 224 g/mol. The monoisotopic (exact) mass is 244 g/mol. The maximum Gasteiger partial charge on any atom is 0.234 e. The summed E-state index contributed by atoms with van der Waals surface area (Å²) < 4.78 is 0. The molecule has 1 unspecified atom stereocenters. The van der Waals surface area contributed by atoms with E-state index in [1.54, 1.807) is 0 Å². The number of aryl methyl sites for hydroxylation is 2. The zero-order chi connectivity index (χ0) is 13.5. The van der Waals surface area contributed by atoms with Crippen molar-refractivity contribution in [1.29, 1.82) is 0 Å². The van der Waals surface area contributed by atoms with Gasteiger partial charge in [0.15, 0.2) is 0 Å². The topological polar surface area (TPSA) is 41.1 Å². The van der Waals surface area contributed by atoms with Crippen LogP contribution in [0.5, 0.6) is 0 Å². The summed E-state index contributed by atoms with van der Waals surface area (Å²) in [5.74, 6) is 2.39. The summed E-state index contributed by atoms with van der Waals surface area (Å²) in [7, 11) is 0. The maximum absolute atomic E-state index is 11.7. The van der Waals surface area contributed by atoms with Gasteiger partial charge < -0.3 is 5.32 Å².